The van der Waals surface area contributed by atoms with Crippen molar-refractivity contribution < 1.29 is 9.47 Å². The summed E-state index contributed by atoms with van der Waals surface area (Å²) in [5.41, 5.74) is 3.71. The molecule has 0 heterocycles. The maximum atomic E-state index is 5.39. The fourth-order valence-corrected chi connectivity index (χ4v) is 3.24. The van der Waals surface area contributed by atoms with Crippen molar-refractivity contribution in [3.8, 4) is 11.5 Å². The number of hydrogen-bond donors (Lipinski definition) is 2. The van der Waals surface area contributed by atoms with E-state index in [0.29, 0.717) is 12.3 Å². The zero-order chi connectivity index (χ0) is 21.8. The Morgan fingerprint density at radius 2 is 1.60 bits per heavy atom. The lowest BCUT2D eigenvalue weighted by atomic mass is 10.1. The molecular weight excluding hydrogens is 376 g/mol. The summed E-state index contributed by atoms with van der Waals surface area (Å²) in [6.45, 7) is 11.6. The summed E-state index contributed by atoms with van der Waals surface area (Å²) in [7, 11) is 3.28. The van der Waals surface area contributed by atoms with Crippen molar-refractivity contribution in [2.24, 2.45) is 4.99 Å². The third-order valence-corrected chi connectivity index (χ3v) is 5.06. The average Bonchev–Trinajstić information content (AvgIpc) is 2.79. The maximum absolute atomic E-state index is 5.39. The van der Waals surface area contributed by atoms with E-state index >= 15 is 0 Å². The second-order valence-corrected chi connectivity index (χ2v) is 6.97. The van der Waals surface area contributed by atoms with Gasteiger partial charge in [0.05, 0.1) is 20.8 Å². The predicted octanol–water partition coefficient (Wildman–Crippen LogP) is 3.80. The SMILES string of the molecule is CCNC(=NCc1ccc(OC)c(OC)c1)NCc1ccccc1CN(CC)CC. The first-order valence-corrected chi connectivity index (χ1v) is 10.7. The Balaban J connectivity index is 2.08. The van der Waals surface area contributed by atoms with Crippen LogP contribution < -0.4 is 20.1 Å². The molecule has 2 aromatic carbocycles. The van der Waals surface area contributed by atoms with Crippen molar-refractivity contribution in [2.45, 2.75) is 40.4 Å². The largest absolute Gasteiger partial charge is 0.493 e. The Bertz CT molecular complexity index is 804. The number of ether oxygens (including phenoxy) is 2. The second-order valence-electron chi connectivity index (χ2n) is 6.97. The zero-order valence-corrected chi connectivity index (χ0v) is 19.0. The van der Waals surface area contributed by atoms with Gasteiger partial charge in [-0.2, -0.15) is 0 Å². The molecule has 0 fully saturated rings. The van der Waals surface area contributed by atoms with Crippen LogP contribution in [0.2, 0.25) is 0 Å². The van der Waals surface area contributed by atoms with Crippen LogP contribution in [-0.4, -0.2) is 44.7 Å². The molecule has 0 aliphatic rings. The lowest BCUT2D eigenvalue weighted by Gasteiger charge is -2.20. The first-order chi connectivity index (χ1) is 14.6. The van der Waals surface area contributed by atoms with Gasteiger partial charge in [-0.1, -0.05) is 44.2 Å². The highest BCUT2D eigenvalue weighted by molar-refractivity contribution is 5.79. The zero-order valence-electron chi connectivity index (χ0n) is 19.0. The van der Waals surface area contributed by atoms with Gasteiger partial charge in [-0.15, -0.1) is 0 Å². The lowest BCUT2D eigenvalue weighted by molar-refractivity contribution is 0.295. The Morgan fingerprint density at radius 3 is 2.23 bits per heavy atom. The van der Waals surface area contributed by atoms with Crippen molar-refractivity contribution in [2.75, 3.05) is 33.9 Å². The molecule has 0 bridgehead atoms. The molecule has 2 rings (SSSR count). The predicted molar refractivity (Wildman–Crippen MR) is 124 cm³/mol. The van der Waals surface area contributed by atoms with Crippen LogP contribution in [0.4, 0.5) is 0 Å². The highest BCUT2D eigenvalue weighted by atomic mass is 16.5. The molecular formula is C24H36N4O2. The van der Waals surface area contributed by atoms with E-state index in [0.717, 1.165) is 50.0 Å². The summed E-state index contributed by atoms with van der Waals surface area (Å²) in [5.74, 6) is 2.23. The van der Waals surface area contributed by atoms with Gasteiger partial charge < -0.3 is 20.1 Å². The minimum absolute atomic E-state index is 0.552. The van der Waals surface area contributed by atoms with Crippen LogP contribution >= 0.6 is 0 Å². The van der Waals surface area contributed by atoms with Crippen molar-refractivity contribution >= 4 is 5.96 Å². The van der Waals surface area contributed by atoms with Crippen LogP contribution in [0.1, 0.15) is 37.5 Å². The number of methoxy groups -OCH3 is 2. The van der Waals surface area contributed by atoms with Gasteiger partial charge in [0.1, 0.15) is 0 Å². The van der Waals surface area contributed by atoms with E-state index in [1.807, 2.05) is 18.2 Å². The smallest absolute Gasteiger partial charge is 0.191 e. The molecule has 2 N–H and O–H groups in total. The number of aliphatic imine (C=N–C) groups is 1. The molecule has 0 aliphatic heterocycles. The van der Waals surface area contributed by atoms with Crippen molar-refractivity contribution in [1.29, 1.82) is 0 Å². The lowest BCUT2D eigenvalue weighted by Crippen LogP contribution is -2.37. The Morgan fingerprint density at radius 1 is 0.900 bits per heavy atom. The van der Waals surface area contributed by atoms with Gasteiger partial charge in [-0.3, -0.25) is 4.90 Å². The van der Waals surface area contributed by atoms with Crippen LogP contribution in [0.15, 0.2) is 47.5 Å². The number of nitrogens with zero attached hydrogens (tertiary/aromatic N) is 2. The quantitative estimate of drug-likeness (QED) is 0.434. The van der Waals surface area contributed by atoms with Gasteiger partial charge in [-0.25, -0.2) is 4.99 Å². The third-order valence-electron chi connectivity index (χ3n) is 5.06. The molecule has 0 atom stereocenters. The summed E-state index contributed by atoms with van der Waals surface area (Å²) in [4.78, 5) is 7.17. The summed E-state index contributed by atoms with van der Waals surface area (Å²) in [5, 5.41) is 6.80. The molecule has 164 valence electrons. The van der Waals surface area contributed by atoms with Gasteiger partial charge in [0, 0.05) is 19.6 Å². The molecule has 0 unspecified atom stereocenters. The number of rotatable bonds is 11. The standard InChI is InChI=1S/C24H36N4O2/c1-6-25-24(26-16-19-13-14-22(29-4)23(15-19)30-5)27-17-20-11-9-10-12-21(20)18-28(7-2)8-3/h9-15H,6-8,16-18H2,1-5H3,(H2,25,26,27). The van der Waals surface area contributed by atoms with Gasteiger partial charge in [0.2, 0.25) is 0 Å². The highest BCUT2D eigenvalue weighted by Gasteiger charge is 2.08. The van der Waals surface area contributed by atoms with E-state index in [-0.39, 0.29) is 0 Å². The molecule has 0 aliphatic carbocycles. The van der Waals surface area contributed by atoms with Gasteiger partial charge in [0.25, 0.3) is 0 Å². The molecule has 0 saturated carbocycles. The van der Waals surface area contributed by atoms with E-state index in [1.54, 1.807) is 14.2 Å². The van der Waals surface area contributed by atoms with E-state index in [9.17, 15) is 0 Å². The van der Waals surface area contributed by atoms with Gasteiger partial charge in [0.15, 0.2) is 17.5 Å². The normalized spacial score (nSPS) is 11.5. The highest BCUT2D eigenvalue weighted by Crippen LogP contribution is 2.27. The van der Waals surface area contributed by atoms with Crippen LogP contribution in [0.5, 0.6) is 11.5 Å². The minimum Gasteiger partial charge on any atom is -0.493 e. The first kappa shape index (κ1) is 23.5. The topological polar surface area (TPSA) is 58.1 Å². The van der Waals surface area contributed by atoms with E-state index < -0.39 is 0 Å². The van der Waals surface area contributed by atoms with Crippen LogP contribution in [0.25, 0.3) is 0 Å². The van der Waals surface area contributed by atoms with Crippen LogP contribution in [0, 0.1) is 0 Å². The van der Waals surface area contributed by atoms with Crippen LogP contribution in [-0.2, 0) is 19.6 Å². The summed E-state index contributed by atoms with van der Waals surface area (Å²) in [6.07, 6.45) is 0. The summed E-state index contributed by atoms with van der Waals surface area (Å²) >= 11 is 0. The fraction of sp³-hybridized carbons (Fsp3) is 0.458. The Hall–Kier alpha value is -2.73. The Labute approximate surface area is 181 Å². The summed E-state index contributed by atoms with van der Waals surface area (Å²) in [6, 6.07) is 14.5. The molecule has 0 spiro atoms. The number of guanidine groups is 1. The second kappa shape index (κ2) is 12.8. The minimum atomic E-state index is 0.552. The molecule has 0 aromatic heterocycles. The summed E-state index contributed by atoms with van der Waals surface area (Å²) < 4.78 is 10.7. The van der Waals surface area contributed by atoms with Crippen LogP contribution in [0.3, 0.4) is 0 Å². The Kier molecular flexibility index (Phi) is 10.0. The maximum Gasteiger partial charge on any atom is 0.191 e. The molecule has 6 heteroatoms. The first-order valence-electron chi connectivity index (χ1n) is 10.7. The van der Waals surface area contributed by atoms with Gasteiger partial charge >= 0.3 is 0 Å². The molecule has 0 radical (unpaired) electrons. The monoisotopic (exact) mass is 412 g/mol. The van der Waals surface area contributed by atoms with Crippen molar-refractivity contribution in [1.82, 2.24) is 15.5 Å². The molecule has 30 heavy (non-hydrogen) atoms. The molecule has 2 aromatic rings. The van der Waals surface area contributed by atoms with Crippen molar-refractivity contribution in [3.63, 3.8) is 0 Å². The molecule has 0 saturated heterocycles. The van der Waals surface area contributed by atoms with E-state index in [2.05, 4.69) is 60.6 Å². The number of benzene rings is 2. The van der Waals surface area contributed by atoms with E-state index in [1.165, 1.54) is 11.1 Å². The molecule has 0 amide bonds. The molecule has 6 nitrogen and oxygen atoms in total. The average molecular weight is 413 g/mol. The van der Waals surface area contributed by atoms with Gasteiger partial charge in [-0.05, 0) is 48.8 Å². The number of hydrogen-bond acceptors (Lipinski definition) is 4. The fourth-order valence-electron chi connectivity index (χ4n) is 3.24. The third kappa shape index (κ3) is 6.95. The number of nitrogens with one attached hydrogen (secondary N) is 2. The van der Waals surface area contributed by atoms with Crippen molar-refractivity contribution in [3.05, 3.63) is 59.2 Å². The van der Waals surface area contributed by atoms with E-state index in [4.69, 9.17) is 14.5 Å².